The van der Waals surface area contributed by atoms with Crippen molar-refractivity contribution in [1.82, 2.24) is 0 Å². The lowest BCUT2D eigenvalue weighted by molar-refractivity contribution is -0.115. The Morgan fingerprint density at radius 3 is 2.67 bits per heavy atom. The highest BCUT2D eigenvalue weighted by Gasteiger charge is 2.36. The summed E-state index contributed by atoms with van der Waals surface area (Å²) in [5, 5.41) is 0. The van der Waals surface area contributed by atoms with E-state index in [9.17, 15) is 4.79 Å². The molecule has 1 atom stereocenters. The van der Waals surface area contributed by atoms with Crippen molar-refractivity contribution < 1.29 is 9.53 Å². The van der Waals surface area contributed by atoms with Gasteiger partial charge in [-0.25, -0.2) is 4.99 Å². The SMILES string of the molecule is CC=CC1=NC(C)(C)C(C=O)O1. The van der Waals surface area contributed by atoms with Crippen molar-refractivity contribution in [2.75, 3.05) is 0 Å². The molecule has 0 amide bonds. The van der Waals surface area contributed by atoms with Gasteiger partial charge < -0.3 is 4.74 Å². The highest BCUT2D eigenvalue weighted by molar-refractivity contribution is 5.91. The summed E-state index contributed by atoms with van der Waals surface area (Å²) in [6, 6.07) is 0. The van der Waals surface area contributed by atoms with Gasteiger partial charge in [0.25, 0.3) is 0 Å². The maximum absolute atomic E-state index is 10.6. The number of hydrogen-bond donors (Lipinski definition) is 0. The molecule has 0 radical (unpaired) electrons. The third-order valence-electron chi connectivity index (χ3n) is 1.78. The van der Waals surface area contributed by atoms with Gasteiger partial charge in [0.15, 0.2) is 12.4 Å². The van der Waals surface area contributed by atoms with E-state index >= 15 is 0 Å². The number of carbonyl (C=O) groups is 1. The fraction of sp³-hybridized carbons (Fsp3) is 0.556. The van der Waals surface area contributed by atoms with Crippen LogP contribution in [-0.2, 0) is 9.53 Å². The smallest absolute Gasteiger partial charge is 0.209 e. The predicted octanol–water partition coefficient (Wildman–Crippen LogP) is 1.34. The number of carbonyl (C=O) groups excluding carboxylic acids is 1. The van der Waals surface area contributed by atoms with Crippen LogP contribution in [-0.4, -0.2) is 23.8 Å². The van der Waals surface area contributed by atoms with Crippen LogP contribution in [0.4, 0.5) is 0 Å². The zero-order valence-electron chi connectivity index (χ0n) is 7.57. The maximum atomic E-state index is 10.6. The van der Waals surface area contributed by atoms with Crippen LogP contribution in [0.5, 0.6) is 0 Å². The topological polar surface area (TPSA) is 38.7 Å². The third kappa shape index (κ3) is 1.55. The minimum atomic E-state index is -0.441. The lowest BCUT2D eigenvalue weighted by atomic mass is 10.0. The molecule has 1 heterocycles. The lowest BCUT2D eigenvalue weighted by Gasteiger charge is -2.16. The molecular formula is C9H13NO2. The largest absolute Gasteiger partial charge is 0.464 e. The number of aliphatic imine (C=N–C) groups is 1. The molecule has 0 aromatic heterocycles. The van der Waals surface area contributed by atoms with Gasteiger partial charge in [0.1, 0.15) is 5.54 Å². The van der Waals surface area contributed by atoms with Crippen molar-refractivity contribution in [1.29, 1.82) is 0 Å². The normalized spacial score (nSPS) is 26.9. The first-order valence-electron chi connectivity index (χ1n) is 3.94. The molecule has 0 aliphatic carbocycles. The second-order valence-electron chi connectivity index (χ2n) is 3.28. The summed E-state index contributed by atoms with van der Waals surface area (Å²) in [7, 11) is 0. The molecule has 0 N–H and O–H groups in total. The van der Waals surface area contributed by atoms with Gasteiger partial charge in [0.2, 0.25) is 5.90 Å². The summed E-state index contributed by atoms with van der Waals surface area (Å²) in [5.41, 5.74) is -0.420. The quantitative estimate of drug-likeness (QED) is 0.582. The molecule has 3 nitrogen and oxygen atoms in total. The van der Waals surface area contributed by atoms with Crippen LogP contribution in [0.2, 0.25) is 0 Å². The molecule has 12 heavy (non-hydrogen) atoms. The summed E-state index contributed by atoms with van der Waals surface area (Å²) in [6.45, 7) is 5.64. The number of allylic oxidation sites excluding steroid dienone is 1. The van der Waals surface area contributed by atoms with Crippen LogP contribution in [0, 0.1) is 0 Å². The van der Waals surface area contributed by atoms with Gasteiger partial charge in [-0.3, -0.25) is 4.79 Å². The van der Waals surface area contributed by atoms with Crippen LogP contribution < -0.4 is 0 Å². The van der Waals surface area contributed by atoms with E-state index in [2.05, 4.69) is 4.99 Å². The fourth-order valence-electron chi connectivity index (χ4n) is 1.06. The van der Waals surface area contributed by atoms with Gasteiger partial charge in [0, 0.05) is 0 Å². The molecule has 0 saturated heterocycles. The summed E-state index contributed by atoms with van der Waals surface area (Å²) < 4.78 is 5.26. The average Bonchev–Trinajstić information content (AvgIpc) is 2.25. The first kappa shape index (κ1) is 8.97. The second-order valence-corrected chi connectivity index (χ2v) is 3.28. The lowest BCUT2D eigenvalue weighted by Crippen LogP contribution is -2.32. The molecule has 0 spiro atoms. The monoisotopic (exact) mass is 167 g/mol. The minimum Gasteiger partial charge on any atom is -0.464 e. The summed E-state index contributed by atoms with van der Waals surface area (Å²) in [4.78, 5) is 14.8. The van der Waals surface area contributed by atoms with Crippen molar-refractivity contribution in [3.8, 4) is 0 Å². The molecule has 0 aromatic rings. The molecule has 1 rings (SSSR count). The van der Waals surface area contributed by atoms with Crippen molar-refractivity contribution in [2.24, 2.45) is 4.99 Å². The van der Waals surface area contributed by atoms with Crippen LogP contribution in [0.15, 0.2) is 17.1 Å². The molecule has 1 aliphatic rings. The molecule has 1 unspecified atom stereocenters. The molecule has 0 bridgehead atoms. The zero-order valence-corrected chi connectivity index (χ0v) is 7.57. The number of aldehydes is 1. The van der Waals surface area contributed by atoms with E-state index < -0.39 is 11.6 Å². The third-order valence-corrected chi connectivity index (χ3v) is 1.78. The van der Waals surface area contributed by atoms with Crippen molar-refractivity contribution in [2.45, 2.75) is 32.4 Å². The summed E-state index contributed by atoms with van der Waals surface area (Å²) >= 11 is 0. The highest BCUT2D eigenvalue weighted by Crippen LogP contribution is 2.23. The van der Waals surface area contributed by atoms with Crippen molar-refractivity contribution in [3.63, 3.8) is 0 Å². The predicted molar refractivity (Wildman–Crippen MR) is 47.3 cm³/mol. The standard InChI is InChI=1S/C9H13NO2/c1-4-5-8-10-9(2,3)7(6-11)12-8/h4-7H,1-3H3. The first-order valence-corrected chi connectivity index (χ1v) is 3.94. The minimum absolute atomic E-state index is 0.420. The maximum Gasteiger partial charge on any atom is 0.209 e. The van der Waals surface area contributed by atoms with E-state index in [1.165, 1.54) is 0 Å². The van der Waals surface area contributed by atoms with E-state index in [0.717, 1.165) is 6.29 Å². The van der Waals surface area contributed by atoms with Gasteiger partial charge in [-0.1, -0.05) is 6.08 Å². The van der Waals surface area contributed by atoms with E-state index in [0.29, 0.717) is 5.90 Å². The van der Waals surface area contributed by atoms with E-state index in [1.54, 1.807) is 6.08 Å². The molecule has 0 saturated carbocycles. The van der Waals surface area contributed by atoms with E-state index in [1.807, 2.05) is 26.8 Å². The van der Waals surface area contributed by atoms with E-state index in [-0.39, 0.29) is 0 Å². The number of nitrogens with zero attached hydrogens (tertiary/aromatic N) is 1. The molecule has 1 aliphatic heterocycles. The molecule has 0 fully saturated rings. The van der Waals surface area contributed by atoms with Crippen molar-refractivity contribution in [3.05, 3.63) is 12.2 Å². The summed E-state index contributed by atoms with van der Waals surface area (Å²) in [5.74, 6) is 0.541. The zero-order chi connectivity index (χ0) is 9.19. The van der Waals surface area contributed by atoms with Crippen molar-refractivity contribution >= 4 is 12.2 Å². The van der Waals surface area contributed by atoms with Gasteiger partial charge in [-0.05, 0) is 26.8 Å². The summed E-state index contributed by atoms with van der Waals surface area (Å²) in [6.07, 6.45) is 3.94. The van der Waals surface area contributed by atoms with Crippen LogP contribution >= 0.6 is 0 Å². The Morgan fingerprint density at radius 1 is 1.58 bits per heavy atom. The van der Waals surface area contributed by atoms with Gasteiger partial charge >= 0.3 is 0 Å². The second kappa shape index (κ2) is 3.09. The Labute approximate surface area is 72.1 Å². The highest BCUT2D eigenvalue weighted by atomic mass is 16.5. The molecule has 66 valence electrons. The Hall–Kier alpha value is -1.12. The van der Waals surface area contributed by atoms with Gasteiger partial charge in [-0.15, -0.1) is 0 Å². The fourth-order valence-corrected chi connectivity index (χ4v) is 1.06. The average molecular weight is 167 g/mol. The Kier molecular flexibility index (Phi) is 2.31. The van der Waals surface area contributed by atoms with Gasteiger partial charge in [0.05, 0.1) is 0 Å². The Balaban J connectivity index is 2.81. The number of ether oxygens (including phenoxy) is 1. The van der Waals surface area contributed by atoms with Gasteiger partial charge in [-0.2, -0.15) is 0 Å². The molecule has 3 heteroatoms. The molecular weight excluding hydrogens is 154 g/mol. The number of hydrogen-bond acceptors (Lipinski definition) is 3. The number of rotatable bonds is 2. The first-order chi connectivity index (χ1) is 5.60. The molecule has 0 aromatic carbocycles. The Morgan fingerprint density at radius 2 is 2.25 bits per heavy atom. The van der Waals surface area contributed by atoms with E-state index in [4.69, 9.17) is 4.74 Å². The Bertz CT molecular complexity index is 241. The van der Waals surface area contributed by atoms with Crippen LogP contribution in [0.1, 0.15) is 20.8 Å². The van der Waals surface area contributed by atoms with Crippen LogP contribution in [0.3, 0.4) is 0 Å². The van der Waals surface area contributed by atoms with Crippen LogP contribution in [0.25, 0.3) is 0 Å².